The molecule has 0 spiro atoms. The normalized spacial score (nSPS) is 14.3. The van der Waals surface area contributed by atoms with Crippen LogP contribution in [0.4, 0.5) is 10.1 Å². The highest BCUT2D eigenvalue weighted by Crippen LogP contribution is 2.25. The van der Waals surface area contributed by atoms with Gasteiger partial charge in [-0.05, 0) is 48.5 Å². The molecule has 0 atom stereocenters. The predicted octanol–water partition coefficient (Wildman–Crippen LogP) is 4.08. The van der Waals surface area contributed by atoms with Gasteiger partial charge in [0, 0.05) is 41.9 Å². The summed E-state index contributed by atoms with van der Waals surface area (Å²) in [6.45, 7) is 2.70. The molecule has 1 aliphatic rings. The largest absolute Gasteiger partial charge is 0.411 e. The first-order valence-electron chi connectivity index (χ1n) is 9.09. The number of carbonyl (C=O) groups excluding carboxylic acids is 1. The van der Waals surface area contributed by atoms with Gasteiger partial charge in [-0.25, -0.2) is 4.39 Å². The van der Waals surface area contributed by atoms with Crippen molar-refractivity contribution in [2.75, 3.05) is 36.8 Å². The number of aromatic nitrogens is 2. The number of halogens is 2. The quantitative estimate of drug-likeness (QED) is 0.517. The van der Waals surface area contributed by atoms with Gasteiger partial charge in [0.15, 0.2) is 0 Å². The fourth-order valence-corrected chi connectivity index (χ4v) is 3.99. The fraction of sp³-hybridized carbons (Fsp3) is 0.250. The number of thioether (sulfide) groups is 1. The number of hydrogen-bond acceptors (Lipinski definition) is 6. The topological polar surface area (TPSA) is 62.5 Å². The number of carbonyl (C=O) groups is 1. The van der Waals surface area contributed by atoms with Crippen molar-refractivity contribution in [3.05, 3.63) is 58.8 Å². The zero-order valence-corrected chi connectivity index (χ0v) is 17.8. The van der Waals surface area contributed by atoms with Crippen LogP contribution in [-0.2, 0) is 4.79 Å². The van der Waals surface area contributed by atoms with Gasteiger partial charge in [0.2, 0.25) is 11.8 Å². The van der Waals surface area contributed by atoms with Crippen molar-refractivity contribution >= 4 is 39.3 Å². The van der Waals surface area contributed by atoms with Crippen LogP contribution >= 0.6 is 27.7 Å². The lowest BCUT2D eigenvalue weighted by atomic mass is 10.2. The Bertz CT molecular complexity index is 973. The van der Waals surface area contributed by atoms with Gasteiger partial charge in [-0.2, -0.15) is 0 Å². The maximum atomic E-state index is 13.1. The molecule has 1 aliphatic heterocycles. The van der Waals surface area contributed by atoms with Crippen molar-refractivity contribution < 1.29 is 13.6 Å². The second kappa shape index (κ2) is 8.96. The molecule has 1 saturated heterocycles. The van der Waals surface area contributed by atoms with Crippen LogP contribution in [0.15, 0.2) is 62.6 Å². The Morgan fingerprint density at radius 3 is 2.41 bits per heavy atom. The van der Waals surface area contributed by atoms with Gasteiger partial charge < -0.3 is 14.2 Å². The molecular weight excluding hydrogens is 459 g/mol. The Labute approximate surface area is 180 Å². The first kappa shape index (κ1) is 19.9. The first-order valence-corrected chi connectivity index (χ1v) is 10.9. The molecule has 9 heteroatoms. The van der Waals surface area contributed by atoms with E-state index in [-0.39, 0.29) is 17.5 Å². The fourth-order valence-electron chi connectivity index (χ4n) is 3.06. The highest BCUT2D eigenvalue weighted by Gasteiger charge is 2.22. The number of rotatable bonds is 5. The molecule has 0 unspecified atom stereocenters. The van der Waals surface area contributed by atoms with Crippen molar-refractivity contribution in [2.24, 2.45) is 0 Å². The highest BCUT2D eigenvalue weighted by atomic mass is 79.9. The number of piperazine rings is 1. The molecule has 6 nitrogen and oxygen atoms in total. The molecule has 29 heavy (non-hydrogen) atoms. The molecule has 3 aromatic rings. The summed E-state index contributed by atoms with van der Waals surface area (Å²) in [5.74, 6) is 0.472. The minimum absolute atomic E-state index is 0.0390. The molecule has 1 amide bonds. The van der Waals surface area contributed by atoms with Crippen LogP contribution in [0.1, 0.15) is 0 Å². The monoisotopic (exact) mass is 476 g/mol. The van der Waals surface area contributed by atoms with Crippen molar-refractivity contribution in [3.63, 3.8) is 0 Å². The molecule has 0 radical (unpaired) electrons. The lowest BCUT2D eigenvalue weighted by Crippen LogP contribution is -2.49. The van der Waals surface area contributed by atoms with E-state index in [1.165, 1.54) is 23.9 Å². The highest BCUT2D eigenvalue weighted by molar-refractivity contribution is 9.10. The van der Waals surface area contributed by atoms with Crippen molar-refractivity contribution in [1.82, 2.24) is 15.1 Å². The predicted molar refractivity (Wildman–Crippen MR) is 113 cm³/mol. The lowest BCUT2D eigenvalue weighted by molar-refractivity contribution is -0.128. The van der Waals surface area contributed by atoms with E-state index < -0.39 is 0 Å². The van der Waals surface area contributed by atoms with Gasteiger partial charge in [0.25, 0.3) is 5.22 Å². The molecule has 0 aliphatic carbocycles. The summed E-state index contributed by atoms with van der Waals surface area (Å²) in [6.07, 6.45) is 0. The Hall–Kier alpha value is -2.39. The standard InChI is InChI=1S/C20H18BrFN4O2S/c21-15-3-1-14(2-4-15)19-23-24-20(28-19)29-13-18(27)26-11-9-25(10-12-26)17-7-5-16(22)6-8-17/h1-8H,9-13H2. The second-order valence-electron chi connectivity index (χ2n) is 6.51. The second-order valence-corrected chi connectivity index (χ2v) is 8.36. The number of amides is 1. The van der Waals surface area contributed by atoms with Crippen LogP contribution in [0.2, 0.25) is 0 Å². The van der Waals surface area contributed by atoms with Crippen molar-refractivity contribution in [2.45, 2.75) is 5.22 Å². The van der Waals surface area contributed by atoms with E-state index in [1.807, 2.05) is 29.2 Å². The Morgan fingerprint density at radius 1 is 1.03 bits per heavy atom. The smallest absolute Gasteiger partial charge is 0.277 e. The number of hydrogen-bond donors (Lipinski definition) is 0. The summed E-state index contributed by atoms with van der Waals surface area (Å²) < 4.78 is 19.7. The maximum absolute atomic E-state index is 13.1. The van der Waals surface area contributed by atoms with E-state index >= 15 is 0 Å². The van der Waals surface area contributed by atoms with E-state index in [2.05, 4.69) is 31.0 Å². The van der Waals surface area contributed by atoms with Gasteiger partial charge in [0.05, 0.1) is 5.75 Å². The van der Waals surface area contributed by atoms with Crippen molar-refractivity contribution in [3.8, 4) is 11.5 Å². The summed E-state index contributed by atoms with van der Waals surface area (Å²) >= 11 is 4.63. The van der Waals surface area contributed by atoms with Gasteiger partial charge >= 0.3 is 0 Å². The number of anilines is 1. The Balaban J connectivity index is 1.27. The van der Waals surface area contributed by atoms with Gasteiger partial charge in [-0.3, -0.25) is 4.79 Å². The molecule has 0 bridgehead atoms. The van der Waals surface area contributed by atoms with Crippen LogP contribution in [-0.4, -0.2) is 52.9 Å². The minimum Gasteiger partial charge on any atom is -0.411 e. The summed E-state index contributed by atoms with van der Waals surface area (Å²) in [4.78, 5) is 16.5. The zero-order chi connectivity index (χ0) is 20.2. The third kappa shape index (κ3) is 4.97. The van der Waals surface area contributed by atoms with Crippen LogP contribution in [0, 0.1) is 5.82 Å². The summed E-state index contributed by atoms with van der Waals surface area (Å²) in [7, 11) is 0. The lowest BCUT2D eigenvalue weighted by Gasteiger charge is -2.36. The van der Waals surface area contributed by atoms with Crippen LogP contribution in [0.3, 0.4) is 0 Å². The van der Waals surface area contributed by atoms with Crippen LogP contribution in [0.25, 0.3) is 11.5 Å². The molecule has 0 saturated carbocycles. The van der Waals surface area contributed by atoms with Gasteiger partial charge in [-0.15, -0.1) is 10.2 Å². The van der Waals surface area contributed by atoms with E-state index in [0.717, 1.165) is 28.8 Å². The Kier molecular flexibility index (Phi) is 6.15. The molecule has 2 aromatic carbocycles. The molecule has 2 heterocycles. The molecule has 1 aromatic heterocycles. The third-order valence-electron chi connectivity index (χ3n) is 4.64. The van der Waals surface area contributed by atoms with Crippen molar-refractivity contribution in [1.29, 1.82) is 0 Å². The van der Waals surface area contributed by atoms with Crippen LogP contribution < -0.4 is 4.90 Å². The van der Waals surface area contributed by atoms with E-state index in [1.54, 1.807) is 12.1 Å². The number of benzene rings is 2. The average Bonchev–Trinajstić information content (AvgIpc) is 3.22. The van der Waals surface area contributed by atoms with Gasteiger partial charge in [-0.1, -0.05) is 27.7 Å². The minimum atomic E-state index is -0.246. The summed E-state index contributed by atoms with van der Waals surface area (Å²) in [5.41, 5.74) is 1.80. The molecule has 0 N–H and O–H groups in total. The summed E-state index contributed by atoms with van der Waals surface area (Å²) in [5, 5.41) is 8.44. The maximum Gasteiger partial charge on any atom is 0.277 e. The first-order chi connectivity index (χ1) is 14.1. The molecule has 1 fully saturated rings. The van der Waals surface area contributed by atoms with Gasteiger partial charge in [0.1, 0.15) is 5.82 Å². The summed E-state index contributed by atoms with van der Waals surface area (Å²) in [6, 6.07) is 14.0. The van der Waals surface area contributed by atoms with E-state index in [0.29, 0.717) is 24.2 Å². The van der Waals surface area contributed by atoms with Crippen LogP contribution in [0.5, 0.6) is 0 Å². The van der Waals surface area contributed by atoms with E-state index in [4.69, 9.17) is 4.42 Å². The molecule has 4 rings (SSSR count). The third-order valence-corrected chi connectivity index (χ3v) is 5.97. The average molecular weight is 477 g/mol. The number of nitrogens with zero attached hydrogens (tertiary/aromatic N) is 4. The SMILES string of the molecule is O=C(CSc1nnc(-c2ccc(Br)cc2)o1)N1CCN(c2ccc(F)cc2)CC1. The molecule has 150 valence electrons. The van der Waals surface area contributed by atoms with E-state index in [9.17, 15) is 9.18 Å². The molecular formula is C20H18BrFN4O2S. The Morgan fingerprint density at radius 2 is 1.72 bits per heavy atom. The zero-order valence-electron chi connectivity index (χ0n) is 15.4.